The Morgan fingerprint density at radius 3 is 2.50 bits per heavy atom. The minimum absolute atomic E-state index is 0. The van der Waals surface area contributed by atoms with Gasteiger partial charge in [-0.2, -0.15) is 0 Å². The van der Waals surface area contributed by atoms with E-state index in [2.05, 4.69) is 42.6 Å². The Morgan fingerprint density at radius 1 is 1.39 bits per heavy atom. The number of aliphatic imine (C=N–C) groups is 1. The van der Waals surface area contributed by atoms with Gasteiger partial charge in [0.1, 0.15) is 0 Å². The summed E-state index contributed by atoms with van der Waals surface area (Å²) in [6.07, 6.45) is 5.67. The fraction of sp³-hybridized carbons (Fsp3) is 0.786. The van der Waals surface area contributed by atoms with E-state index >= 15 is 0 Å². The summed E-state index contributed by atoms with van der Waals surface area (Å²) in [7, 11) is 0. The molecule has 0 aromatic heterocycles. The topological polar surface area (TPSA) is 27.6 Å². The van der Waals surface area contributed by atoms with Gasteiger partial charge in [-0.1, -0.05) is 19.9 Å². The summed E-state index contributed by atoms with van der Waals surface area (Å²) >= 11 is 0. The monoisotopic (exact) mass is 365 g/mol. The molecule has 1 saturated heterocycles. The molecule has 1 aliphatic heterocycles. The molecule has 0 saturated carbocycles. The first-order chi connectivity index (χ1) is 8.21. The molecule has 0 spiro atoms. The largest absolute Gasteiger partial charge is 0.357 e. The fourth-order valence-electron chi connectivity index (χ4n) is 2.52. The van der Waals surface area contributed by atoms with Crippen molar-refractivity contribution in [1.29, 1.82) is 0 Å². The van der Waals surface area contributed by atoms with E-state index < -0.39 is 0 Å². The van der Waals surface area contributed by atoms with Gasteiger partial charge in [-0.25, -0.2) is 4.99 Å². The van der Waals surface area contributed by atoms with Crippen molar-refractivity contribution in [2.45, 2.75) is 40.0 Å². The molecule has 0 atom stereocenters. The first kappa shape index (κ1) is 17.7. The summed E-state index contributed by atoms with van der Waals surface area (Å²) < 4.78 is 0. The van der Waals surface area contributed by atoms with Crippen molar-refractivity contribution in [3.05, 3.63) is 12.7 Å². The second-order valence-electron chi connectivity index (χ2n) is 4.86. The van der Waals surface area contributed by atoms with Crippen LogP contribution in [0.15, 0.2) is 17.6 Å². The van der Waals surface area contributed by atoms with Gasteiger partial charge in [-0.05, 0) is 31.6 Å². The number of hydrogen-bond donors (Lipinski definition) is 1. The highest BCUT2D eigenvalue weighted by atomic mass is 127. The van der Waals surface area contributed by atoms with Crippen LogP contribution >= 0.6 is 24.0 Å². The Hall–Kier alpha value is -0.260. The predicted octanol–water partition coefficient (Wildman–Crippen LogP) is 3.27. The summed E-state index contributed by atoms with van der Waals surface area (Å²) in [6, 6.07) is 0. The van der Waals surface area contributed by atoms with Gasteiger partial charge < -0.3 is 10.2 Å². The van der Waals surface area contributed by atoms with Crippen LogP contribution < -0.4 is 5.32 Å². The SMILES string of the molecule is C=CCN=C(NCC)N1CCC(CC)(CC)C1.I. The molecule has 1 aliphatic rings. The lowest BCUT2D eigenvalue weighted by Crippen LogP contribution is -2.41. The summed E-state index contributed by atoms with van der Waals surface area (Å²) in [5, 5.41) is 3.37. The highest BCUT2D eigenvalue weighted by Gasteiger charge is 2.36. The van der Waals surface area contributed by atoms with Crippen LogP contribution in [0.2, 0.25) is 0 Å². The van der Waals surface area contributed by atoms with Crippen LogP contribution in [0.1, 0.15) is 40.0 Å². The van der Waals surface area contributed by atoms with Crippen LogP contribution in [0.4, 0.5) is 0 Å². The number of halogens is 1. The predicted molar refractivity (Wildman–Crippen MR) is 90.8 cm³/mol. The van der Waals surface area contributed by atoms with Gasteiger partial charge in [0.15, 0.2) is 5.96 Å². The summed E-state index contributed by atoms with van der Waals surface area (Å²) in [5.41, 5.74) is 0.504. The standard InChI is InChI=1S/C14H27N3.HI/c1-5-10-16-13(15-8-4)17-11-9-14(6-2,7-3)12-17;/h5H,1,6-12H2,2-4H3,(H,15,16);1H. The van der Waals surface area contributed by atoms with Crippen LogP contribution in [-0.2, 0) is 0 Å². The lowest BCUT2D eigenvalue weighted by atomic mass is 9.82. The van der Waals surface area contributed by atoms with E-state index in [1.807, 2.05) is 6.08 Å². The van der Waals surface area contributed by atoms with Gasteiger partial charge in [-0.3, -0.25) is 0 Å². The Labute approximate surface area is 129 Å². The maximum Gasteiger partial charge on any atom is 0.194 e. The molecule has 0 aromatic rings. The molecule has 0 bridgehead atoms. The van der Waals surface area contributed by atoms with Gasteiger partial charge in [0, 0.05) is 19.6 Å². The molecule has 106 valence electrons. The average molecular weight is 365 g/mol. The first-order valence-electron chi connectivity index (χ1n) is 6.85. The van der Waals surface area contributed by atoms with E-state index in [0.717, 1.165) is 25.6 Å². The van der Waals surface area contributed by atoms with Crippen molar-refractivity contribution in [2.75, 3.05) is 26.2 Å². The van der Waals surface area contributed by atoms with E-state index in [0.29, 0.717) is 12.0 Å². The molecule has 0 aromatic carbocycles. The summed E-state index contributed by atoms with van der Waals surface area (Å²) in [6.45, 7) is 14.4. The zero-order chi connectivity index (χ0) is 12.7. The highest BCUT2D eigenvalue weighted by Crippen LogP contribution is 2.36. The molecular formula is C14H28IN3. The third-order valence-corrected chi connectivity index (χ3v) is 3.94. The van der Waals surface area contributed by atoms with Crippen molar-refractivity contribution in [3.63, 3.8) is 0 Å². The van der Waals surface area contributed by atoms with Crippen molar-refractivity contribution in [1.82, 2.24) is 10.2 Å². The maximum absolute atomic E-state index is 4.56. The number of guanidine groups is 1. The second kappa shape index (κ2) is 8.77. The highest BCUT2D eigenvalue weighted by molar-refractivity contribution is 14.0. The molecule has 1 heterocycles. The third-order valence-electron chi connectivity index (χ3n) is 3.94. The van der Waals surface area contributed by atoms with Gasteiger partial charge in [-0.15, -0.1) is 30.6 Å². The third kappa shape index (κ3) is 4.44. The molecule has 1 N–H and O–H groups in total. The molecule has 18 heavy (non-hydrogen) atoms. The molecule has 4 heteroatoms. The second-order valence-corrected chi connectivity index (χ2v) is 4.86. The minimum atomic E-state index is 0. The smallest absolute Gasteiger partial charge is 0.194 e. The Bertz CT molecular complexity index is 272. The zero-order valence-corrected chi connectivity index (χ0v) is 14.4. The van der Waals surface area contributed by atoms with E-state index in [1.54, 1.807) is 0 Å². The average Bonchev–Trinajstić information content (AvgIpc) is 2.79. The molecule has 0 amide bonds. The van der Waals surface area contributed by atoms with Crippen molar-refractivity contribution in [3.8, 4) is 0 Å². The van der Waals surface area contributed by atoms with Crippen LogP contribution in [0.25, 0.3) is 0 Å². The Balaban J connectivity index is 0.00000289. The number of likely N-dealkylation sites (tertiary alicyclic amines) is 1. The zero-order valence-electron chi connectivity index (χ0n) is 12.0. The fourth-order valence-corrected chi connectivity index (χ4v) is 2.52. The van der Waals surface area contributed by atoms with E-state index in [4.69, 9.17) is 0 Å². The molecule has 1 rings (SSSR count). The number of nitrogens with zero attached hydrogens (tertiary/aromatic N) is 2. The first-order valence-corrected chi connectivity index (χ1v) is 6.85. The maximum atomic E-state index is 4.56. The lowest BCUT2D eigenvalue weighted by Gasteiger charge is -2.27. The van der Waals surface area contributed by atoms with Gasteiger partial charge in [0.05, 0.1) is 6.54 Å². The van der Waals surface area contributed by atoms with Crippen LogP contribution in [0, 0.1) is 5.41 Å². The van der Waals surface area contributed by atoms with Crippen molar-refractivity contribution in [2.24, 2.45) is 10.4 Å². The van der Waals surface area contributed by atoms with Gasteiger partial charge in [0.2, 0.25) is 0 Å². The molecule has 0 radical (unpaired) electrons. The summed E-state index contributed by atoms with van der Waals surface area (Å²) in [4.78, 5) is 6.96. The van der Waals surface area contributed by atoms with Crippen LogP contribution in [-0.4, -0.2) is 37.0 Å². The molecule has 3 nitrogen and oxygen atoms in total. The molecular weight excluding hydrogens is 337 g/mol. The van der Waals surface area contributed by atoms with Crippen LogP contribution in [0.5, 0.6) is 0 Å². The van der Waals surface area contributed by atoms with Gasteiger partial charge in [0.25, 0.3) is 0 Å². The van der Waals surface area contributed by atoms with Crippen molar-refractivity contribution >= 4 is 29.9 Å². The number of hydrogen-bond acceptors (Lipinski definition) is 1. The van der Waals surface area contributed by atoms with Crippen molar-refractivity contribution < 1.29 is 0 Å². The lowest BCUT2D eigenvalue weighted by molar-refractivity contribution is 0.276. The van der Waals surface area contributed by atoms with E-state index in [-0.39, 0.29) is 24.0 Å². The minimum Gasteiger partial charge on any atom is -0.357 e. The van der Waals surface area contributed by atoms with E-state index in [1.165, 1.54) is 19.3 Å². The molecule has 0 aliphatic carbocycles. The molecule has 0 unspecified atom stereocenters. The van der Waals surface area contributed by atoms with Crippen LogP contribution in [0.3, 0.4) is 0 Å². The Morgan fingerprint density at radius 2 is 2.06 bits per heavy atom. The molecule has 1 fully saturated rings. The normalized spacial score (nSPS) is 18.4. The number of rotatable bonds is 5. The van der Waals surface area contributed by atoms with Gasteiger partial charge >= 0.3 is 0 Å². The van der Waals surface area contributed by atoms with E-state index in [9.17, 15) is 0 Å². The quantitative estimate of drug-likeness (QED) is 0.351. The summed E-state index contributed by atoms with van der Waals surface area (Å²) in [5.74, 6) is 1.05. The number of nitrogens with one attached hydrogen (secondary N) is 1. The Kier molecular flexibility index (Phi) is 8.65.